The standard InChI is InChI=1S/C7H5IN2O2/c8-3-1-4-6(5(11)2-3)7(12)10-9-4/h1-2,11H,(H2,9,10,12). The molecular weight excluding hydrogens is 271 g/mol. The number of benzene rings is 1. The minimum Gasteiger partial charge on any atom is -0.507 e. The van der Waals surface area contributed by atoms with Crippen molar-refractivity contribution in [1.29, 1.82) is 0 Å². The first kappa shape index (κ1) is 7.66. The van der Waals surface area contributed by atoms with Crippen LogP contribution in [-0.4, -0.2) is 15.3 Å². The number of aromatic hydroxyl groups is 1. The van der Waals surface area contributed by atoms with Crippen molar-refractivity contribution < 1.29 is 5.11 Å². The van der Waals surface area contributed by atoms with Crippen LogP contribution in [0.1, 0.15) is 0 Å². The Morgan fingerprint density at radius 1 is 1.33 bits per heavy atom. The number of rotatable bonds is 0. The number of aromatic amines is 2. The molecule has 0 aliphatic carbocycles. The fraction of sp³-hybridized carbons (Fsp3) is 0. The third-order valence-corrected chi connectivity index (χ3v) is 2.24. The highest BCUT2D eigenvalue weighted by atomic mass is 127. The Kier molecular flexibility index (Phi) is 1.60. The summed E-state index contributed by atoms with van der Waals surface area (Å²) in [4.78, 5) is 11.1. The van der Waals surface area contributed by atoms with Crippen molar-refractivity contribution in [2.24, 2.45) is 0 Å². The predicted octanol–water partition coefficient (Wildman–Crippen LogP) is 1.17. The van der Waals surface area contributed by atoms with Gasteiger partial charge in [-0.2, -0.15) is 0 Å². The summed E-state index contributed by atoms with van der Waals surface area (Å²) in [5.41, 5.74) is 0.336. The molecule has 0 saturated heterocycles. The zero-order chi connectivity index (χ0) is 8.72. The lowest BCUT2D eigenvalue weighted by atomic mass is 10.2. The molecule has 1 aromatic heterocycles. The lowest BCUT2D eigenvalue weighted by Crippen LogP contribution is -1.97. The highest BCUT2D eigenvalue weighted by molar-refractivity contribution is 14.1. The SMILES string of the molecule is O=c1[nH][nH]c2cc(I)cc(O)c12. The molecule has 0 amide bonds. The van der Waals surface area contributed by atoms with E-state index in [1.54, 1.807) is 12.1 Å². The van der Waals surface area contributed by atoms with E-state index < -0.39 is 0 Å². The maximum Gasteiger partial charge on any atom is 0.275 e. The van der Waals surface area contributed by atoms with E-state index in [2.05, 4.69) is 32.8 Å². The molecule has 0 bridgehead atoms. The molecule has 1 aromatic carbocycles. The quantitative estimate of drug-likeness (QED) is 0.632. The van der Waals surface area contributed by atoms with E-state index >= 15 is 0 Å². The van der Waals surface area contributed by atoms with E-state index in [0.717, 1.165) is 3.57 Å². The van der Waals surface area contributed by atoms with E-state index in [-0.39, 0.29) is 11.3 Å². The average Bonchev–Trinajstić information content (AvgIpc) is 2.31. The Balaban J connectivity index is 3.03. The van der Waals surface area contributed by atoms with Gasteiger partial charge in [-0.15, -0.1) is 0 Å². The van der Waals surface area contributed by atoms with Crippen LogP contribution in [0.15, 0.2) is 16.9 Å². The number of aromatic nitrogens is 2. The Morgan fingerprint density at radius 3 is 2.83 bits per heavy atom. The van der Waals surface area contributed by atoms with Crippen LogP contribution in [0.4, 0.5) is 0 Å². The Labute approximate surface area is 80.7 Å². The molecule has 0 radical (unpaired) electrons. The topological polar surface area (TPSA) is 68.9 Å². The van der Waals surface area contributed by atoms with Crippen LogP contribution in [0.2, 0.25) is 0 Å². The van der Waals surface area contributed by atoms with Gasteiger partial charge in [0, 0.05) is 3.57 Å². The number of H-pyrrole nitrogens is 2. The second kappa shape index (κ2) is 2.51. The van der Waals surface area contributed by atoms with Gasteiger partial charge in [0.1, 0.15) is 11.1 Å². The number of phenolic OH excluding ortho intramolecular Hbond substituents is 1. The number of hydrogen-bond donors (Lipinski definition) is 3. The second-order valence-corrected chi connectivity index (χ2v) is 3.67. The Hall–Kier alpha value is -0.980. The molecule has 0 saturated carbocycles. The molecule has 12 heavy (non-hydrogen) atoms. The molecule has 0 aliphatic rings. The summed E-state index contributed by atoms with van der Waals surface area (Å²) in [6.45, 7) is 0. The highest BCUT2D eigenvalue weighted by Gasteiger charge is 2.06. The summed E-state index contributed by atoms with van der Waals surface area (Å²) in [5, 5.41) is 14.8. The number of hydrogen-bond acceptors (Lipinski definition) is 2. The smallest absolute Gasteiger partial charge is 0.275 e. The molecule has 62 valence electrons. The number of halogens is 1. The molecule has 0 fully saturated rings. The molecule has 2 aromatic rings. The summed E-state index contributed by atoms with van der Waals surface area (Å²) in [6, 6.07) is 3.33. The largest absolute Gasteiger partial charge is 0.507 e. The lowest BCUT2D eigenvalue weighted by Gasteiger charge is -1.93. The van der Waals surface area contributed by atoms with Gasteiger partial charge in [-0.3, -0.25) is 15.0 Å². The van der Waals surface area contributed by atoms with Crippen molar-refractivity contribution >= 4 is 33.5 Å². The third kappa shape index (κ3) is 1.01. The van der Waals surface area contributed by atoms with E-state index in [0.29, 0.717) is 10.9 Å². The first-order valence-corrected chi connectivity index (χ1v) is 4.35. The van der Waals surface area contributed by atoms with Gasteiger partial charge in [-0.1, -0.05) is 0 Å². The van der Waals surface area contributed by atoms with Gasteiger partial charge < -0.3 is 5.11 Å². The minimum atomic E-state index is -0.293. The highest BCUT2D eigenvalue weighted by Crippen LogP contribution is 2.22. The van der Waals surface area contributed by atoms with Gasteiger partial charge in [0.25, 0.3) is 5.56 Å². The normalized spacial score (nSPS) is 10.8. The zero-order valence-electron chi connectivity index (χ0n) is 5.89. The van der Waals surface area contributed by atoms with Gasteiger partial charge in [0.15, 0.2) is 0 Å². The first-order chi connectivity index (χ1) is 5.68. The monoisotopic (exact) mass is 276 g/mol. The molecular formula is C7H5IN2O2. The molecule has 0 unspecified atom stereocenters. The lowest BCUT2D eigenvalue weighted by molar-refractivity contribution is 0.481. The van der Waals surface area contributed by atoms with Gasteiger partial charge >= 0.3 is 0 Å². The van der Waals surface area contributed by atoms with Crippen LogP contribution in [0.3, 0.4) is 0 Å². The Morgan fingerprint density at radius 2 is 2.08 bits per heavy atom. The molecule has 2 rings (SSSR count). The van der Waals surface area contributed by atoms with Crippen LogP contribution in [-0.2, 0) is 0 Å². The van der Waals surface area contributed by atoms with E-state index in [9.17, 15) is 9.90 Å². The van der Waals surface area contributed by atoms with Gasteiger partial charge in [-0.25, -0.2) is 0 Å². The summed E-state index contributed by atoms with van der Waals surface area (Å²) in [6.07, 6.45) is 0. The molecule has 3 N–H and O–H groups in total. The Bertz CT molecular complexity index is 486. The maximum absolute atomic E-state index is 11.1. The van der Waals surface area contributed by atoms with Crippen LogP contribution in [0.25, 0.3) is 10.9 Å². The third-order valence-electron chi connectivity index (χ3n) is 1.62. The van der Waals surface area contributed by atoms with Crippen molar-refractivity contribution in [3.63, 3.8) is 0 Å². The van der Waals surface area contributed by atoms with Gasteiger partial charge in [0.2, 0.25) is 0 Å². The van der Waals surface area contributed by atoms with Crippen molar-refractivity contribution in [2.75, 3.05) is 0 Å². The number of phenols is 1. The van der Waals surface area contributed by atoms with Crippen molar-refractivity contribution in [2.45, 2.75) is 0 Å². The maximum atomic E-state index is 11.1. The number of nitrogens with one attached hydrogen (secondary N) is 2. The molecule has 5 heteroatoms. The molecule has 4 nitrogen and oxygen atoms in total. The molecule has 0 atom stereocenters. The van der Waals surface area contributed by atoms with Crippen LogP contribution >= 0.6 is 22.6 Å². The fourth-order valence-electron chi connectivity index (χ4n) is 1.12. The first-order valence-electron chi connectivity index (χ1n) is 3.27. The van der Waals surface area contributed by atoms with Crippen LogP contribution in [0, 0.1) is 3.57 Å². The molecule has 0 aliphatic heterocycles. The molecule has 0 spiro atoms. The summed E-state index contributed by atoms with van der Waals surface area (Å²) in [5.74, 6) is 0.0133. The predicted molar refractivity (Wildman–Crippen MR) is 53.3 cm³/mol. The van der Waals surface area contributed by atoms with Gasteiger partial charge in [-0.05, 0) is 34.7 Å². The summed E-state index contributed by atoms with van der Waals surface area (Å²) < 4.78 is 0.882. The van der Waals surface area contributed by atoms with Crippen molar-refractivity contribution in [3.05, 3.63) is 26.1 Å². The minimum absolute atomic E-state index is 0.0133. The van der Waals surface area contributed by atoms with Crippen molar-refractivity contribution in [1.82, 2.24) is 10.2 Å². The average molecular weight is 276 g/mol. The van der Waals surface area contributed by atoms with Crippen LogP contribution < -0.4 is 5.56 Å². The molecule has 1 heterocycles. The van der Waals surface area contributed by atoms with Crippen molar-refractivity contribution in [3.8, 4) is 5.75 Å². The van der Waals surface area contributed by atoms with E-state index in [1.807, 2.05) is 0 Å². The van der Waals surface area contributed by atoms with E-state index in [4.69, 9.17) is 0 Å². The summed E-state index contributed by atoms with van der Waals surface area (Å²) in [7, 11) is 0. The number of fused-ring (bicyclic) bond motifs is 1. The summed E-state index contributed by atoms with van der Waals surface area (Å²) >= 11 is 2.07. The van der Waals surface area contributed by atoms with Crippen LogP contribution in [0.5, 0.6) is 5.75 Å². The fourth-order valence-corrected chi connectivity index (χ4v) is 1.72. The second-order valence-electron chi connectivity index (χ2n) is 2.43. The van der Waals surface area contributed by atoms with E-state index in [1.165, 1.54) is 0 Å². The zero-order valence-corrected chi connectivity index (χ0v) is 8.05. The van der Waals surface area contributed by atoms with Gasteiger partial charge in [0.05, 0.1) is 5.52 Å².